The Balaban J connectivity index is 1.97. The molecule has 1 saturated carbocycles. The molecule has 13 heteroatoms. The summed E-state index contributed by atoms with van der Waals surface area (Å²) in [4.78, 5) is 28.2. The fourth-order valence-electron chi connectivity index (χ4n) is 6.06. The van der Waals surface area contributed by atoms with Crippen LogP contribution in [-0.2, 0) is 37.9 Å². The zero-order chi connectivity index (χ0) is 28.1. The summed E-state index contributed by atoms with van der Waals surface area (Å²) < 4.78 is 53.8. The Morgan fingerprint density at radius 1 is 1.11 bits per heavy atom. The van der Waals surface area contributed by atoms with Crippen molar-refractivity contribution in [2.24, 2.45) is 5.41 Å². The highest BCUT2D eigenvalue weighted by molar-refractivity contribution is 7.87. The quantitative estimate of drug-likeness (QED) is 0.185. The minimum absolute atomic E-state index is 0.142. The molecular formula is C24H41BClNO9S. The third kappa shape index (κ3) is 5.51. The molecule has 3 atom stereocenters. The second-order valence-electron chi connectivity index (χ2n) is 12.3. The van der Waals surface area contributed by atoms with E-state index in [-0.39, 0.29) is 6.54 Å². The molecule has 1 amide bonds. The first-order chi connectivity index (χ1) is 16.9. The maximum Gasteiger partial charge on any atom is 0.457 e. The zero-order valence-electron chi connectivity index (χ0n) is 23.2. The van der Waals surface area contributed by atoms with Crippen molar-refractivity contribution in [1.82, 2.24) is 4.90 Å². The van der Waals surface area contributed by atoms with Crippen LogP contribution >= 0.6 is 11.6 Å². The Hall–Kier alpha value is -1.08. The number of halogens is 1. The van der Waals surface area contributed by atoms with Gasteiger partial charge >= 0.3 is 19.2 Å². The molecule has 2 aliphatic heterocycles. The van der Waals surface area contributed by atoms with E-state index in [1.165, 1.54) is 12.0 Å². The van der Waals surface area contributed by atoms with Gasteiger partial charge in [0.25, 0.3) is 10.1 Å². The topological polar surface area (TPSA) is 118 Å². The third-order valence-corrected chi connectivity index (χ3v) is 9.90. The van der Waals surface area contributed by atoms with Gasteiger partial charge in [0, 0.05) is 5.41 Å². The monoisotopic (exact) mass is 565 g/mol. The molecular weight excluding hydrogens is 525 g/mol. The molecule has 3 fully saturated rings. The molecule has 3 aliphatic rings. The summed E-state index contributed by atoms with van der Waals surface area (Å²) in [5, 5.41) is -0.745. The molecule has 0 N–H and O–H groups in total. The highest BCUT2D eigenvalue weighted by Gasteiger charge is 2.73. The molecule has 0 spiro atoms. The van der Waals surface area contributed by atoms with Crippen molar-refractivity contribution in [1.29, 1.82) is 0 Å². The van der Waals surface area contributed by atoms with E-state index in [9.17, 15) is 18.0 Å². The van der Waals surface area contributed by atoms with E-state index in [1.807, 2.05) is 27.7 Å². The number of nitrogens with zero attached hydrogens (tertiary/aromatic N) is 1. The SMILES string of the molecule is COC(=O)[C@]12CCC[C@@]1(CCCB1OC(C)(C)C(C)(C)O1)C(OS(=O)(=O)CCl)CN2C(=O)OC(C)(C)C. The van der Waals surface area contributed by atoms with Gasteiger partial charge in [-0.05, 0) is 80.5 Å². The Labute approximate surface area is 226 Å². The van der Waals surface area contributed by atoms with Gasteiger partial charge < -0.3 is 18.8 Å². The Morgan fingerprint density at radius 2 is 1.70 bits per heavy atom. The lowest BCUT2D eigenvalue weighted by atomic mass is 9.66. The maximum absolute atomic E-state index is 13.5. The fourth-order valence-corrected chi connectivity index (χ4v) is 6.86. The molecule has 0 aromatic carbocycles. The number of likely N-dealkylation sites (tertiary alicyclic amines) is 1. The first-order valence-corrected chi connectivity index (χ1v) is 14.9. The molecule has 1 aliphatic carbocycles. The molecule has 0 aromatic rings. The minimum Gasteiger partial charge on any atom is -0.467 e. The number of alkyl halides is 1. The second kappa shape index (κ2) is 10.2. The van der Waals surface area contributed by atoms with Crippen molar-refractivity contribution in [3.63, 3.8) is 0 Å². The predicted octanol–water partition coefficient (Wildman–Crippen LogP) is 4.10. The highest BCUT2D eigenvalue weighted by Crippen LogP contribution is 2.61. The van der Waals surface area contributed by atoms with Crippen molar-refractivity contribution in [2.75, 3.05) is 18.9 Å². The lowest BCUT2D eigenvalue weighted by molar-refractivity contribution is -0.159. The predicted molar refractivity (Wildman–Crippen MR) is 139 cm³/mol. The lowest BCUT2D eigenvalue weighted by Gasteiger charge is -2.43. The van der Waals surface area contributed by atoms with Crippen LogP contribution in [0.3, 0.4) is 0 Å². The van der Waals surface area contributed by atoms with E-state index in [4.69, 9.17) is 34.6 Å². The van der Waals surface area contributed by atoms with E-state index in [2.05, 4.69) is 0 Å². The number of ether oxygens (including phenoxy) is 2. The van der Waals surface area contributed by atoms with E-state index in [1.54, 1.807) is 20.8 Å². The van der Waals surface area contributed by atoms with E-state index in [0.717, 1.165) is 0 Å². The number of rotatable bonds is 8. The molecule has 0 aromatic heterocycles. The number of carbonyl (C=O) groups is 2. The van der Waals surface area contributed by atoms with Crippen molar-refractivity contribution in [3.8, 4) is 0 Å². The normalized spacial score (nSPS) is 30.9. The van der Waals surface area contributed by atoms with Gasteiger partial charge in [-0.1, -0.05) is 6.42 Å². The molecule has 212 valence electrons. The first kappa shape index (κ1) is 30.5. The summed E-state index contributed by atoms with van der Waals surface area (Å²) in [6.45, 7) is 12.9. The number of fused-ring (bicyclic) bond motifs is 1. The summed E-state index contributed by atoms with van der Waals surface area (Å²) in [6.07, 6.45) is 1.07. The lowest BCUT2D eigenvalue weighted by Crippen LogP contribution is -2.60. The van der Waals surface area contributed by atoms with Gasteiger partial charge in [-0.25, -0.2) is 9.59 Å². The summed E-state index contributed by atoms with van der Waals surface area (Å²) in [5.74, 6) is -0.610. The van der Waals surface area contributed by atoms with Gasteiger partial charge in [0.05, 0.1) is 24.9 Å². The molecule has 0 radical (unpaired) electrons. The second-order valence-corrected chi connectivity index (χ2v) is 14.5. The Morgan fingerprint density at radius 3 is 2.22 bits per heavy atom. The van der Waals surface area contributed by atoms with Crippen molar-refractivity contribution in [3.05, 3.63) is 0 Å². The van der Waals surface area contributed by atoms with Crippen LogP contribution in [0.4, 0.5) is 4.79 Å². The average molecular weight is 566 g/mol. The van der Waals surface area contributed by atoms with Crippen LogP contribution in [0.2, 0.25) is 6.32 Å². The third-order valence-electron chi connectivity index (χ3n) is 8.31. The van der Waals surface area contributed by atoms with Gasteiger partial charge in [0.2, 0.25) is 0 Å². The van der Waals surface area contributed by atoms with Gasteiger partial charge in [-0.3, -0.25) is 9.08 Å². The van der Waals surface area contributed by atoms with Crippen LogP contribution in [0.15, 0.2) is 0 Å². The van der Waals surface area contributed by atoms with Crippen LogP contribution in [0.5, 0.6) is 0 Å². The molecule has 2 heterocycles. The molecule has 37 heavy (non-hydrogen) atoms. The van der Waals surface area contributed by atoms with Crippen molar-refractivity contribution >= 4 is 40.9 Å². The van der Waals surface area contributed by atoms with Crippen molar-refractivity contribution < 1.29 is 41.0 Å². The smallest absolute Gasteiger partial charge is 0.457 e. The highest BCUT2D eigenvalue weighted by atomic mass is 35.5. The number of amides is 1. The van der Waals surface area contributed by atoms with E-state index < -0.39 is 68.4 Å². The van der Waals surface area contributed by atoms with Crippen LogP contribution in [0.25, 0.3) is 0 Å². The molecule has 10 nitrogen and oxygen atoms in total. The molecule has 2 saturated heterocycles. The van der Waals surface area contributed by atoms with Crippen molar-refractivity contribution in [2.45, 2.75) is 115 Å². The molecule has 3 rings (SSSR count). The summed E-state index contributed by atoms with van der Waals surface area (Å²) >= 11 is 5.67. The van der Waals surface area contributed by atoms with Crippen LogP contribution in [0.1, 0.15) is 80.6 Å². The number of methoxy groups -OCH3 is 1. The number of carbonyl (C=O) groups excluding carboxylic acids is 2. The number of esters is 1. The van der Waals surface area contributed by atoms with Crippen LogP contribution < -0.4 is 0 Å². The number of hydrogen-bond acceptors (Lipinski definition) is 9. The van der Waals surface area contributed by atoms with E-state index in [0.29, 0.717) is 38.4 Å². The van der Waals surface area contributed by atoms with Gasteiger partial charge in [-0.2, -0.15) is 8.42 Å². The van der Waals surface area contributed by atoms with Gasteiger partial charge in [0.1, 0.15) is 16.9 Å². The van der Waals surface area contributed by atoms with E-state index >= 15 is 0 Å². The van der Waals surface area contributed by atoms with Crippen LogP contribution in [0, 0.1) is 5.41 Å². The minimum atomic E-state index is -4.11. The van der Waals surface area contributed by atoms with Crippen LogP contribution in [-0.4, -0.2) is 79.8 Å². The summed E-state index contributed by atoms with van der Waals surface area (Å²) in [6, 6.07) is 0. The largest absolute Gasteiger partial charge is 0.467 e. The summed E-state index contributed by atoms with van der Waals surface area (Å²) in [5.41, 5.74) is -4.26. The maximum atomic E-state index is 13.5. The zero-order valence-corrected chi connectivity index (χ0v) is 24.8. The average Bonchev–Trinajstić information content (AvgIpc) is 3.32. The first-order valence-electron chi connectivity index (χ1n) is 12.8. The molecule has 0 bridgehead atoms. The number of hydrogen-bond donors (Lipinski definition) is 0. The Kier molecular flexibility index (Phi) is 8.36. The van der Waals surface area contributed by atoms with Gasteiger partial charge in [-0.15, -0.1) is 11.6 Å². The Bertz CT molecular complexity index is 983. The van der Waals surface area contributed by atoms with Gasteiger partial charge in [0.15, 0.2) is 5.54 Å². The summed E-state index contributed by atoms with van der Waals surface area (Å²) in [7, 11) is -3.30. The molecule has 1 unspecified atom stereocenters. The standard InChI is InChI=1S/C24H41BClNO9S/c1-20(2,3)33-19(29)27-15-17(34-37(30,31)16-26)23(11-9-13-24(23,27)18(28)32-8)12-10-14-25-35-21(4,5)22(6,7)36-25/h17H,9-16H2,1-8H3/t17?,23-,24-/m1/s1. The fraction of sp³-hybridized carbons (Fsp3) is 0.917.